The van der Waals surface area contributed by atoms with Crippen LogP contribution in [0.4, 0.5) is 51.1 Å². The van der Waals surface area contributed by atoms with Gasteiger partial charge in [0, 0.05) is 13.1 Å². The van der Waals surface area contributed by atoms with Gasteiger partial charge in [-0.25, -0.2) is 0 Å². The van der Waals surface area contributed by atoms with E-state index in [0.29, 0.717) is 17.1 Å². The second-order valence-corrected chi connectivity index (χ2v) is 11.2. The summed E-state index contributed by atoms with van der Waals surface area (Å²) in [6.07, 6.45) is -3.01. The summed E-state index contributed by atoms with van der Waals surface area (Å²) in [4.78, 5) is 2.38. The van der Waals surface area contributed by atoms with Gasteiger partial charge in [-0.2, -0.15) is 23.4 Å². The first kappa shape index (κ1) is 27.6. The summed E-state index contributed by atoms with van der Waals surface area (Å²) in [6.45, 7) is 5.97. The maximum Gasteiger partial charge on any atom is 0.395 e. The van der Waals surface area contributed by atoms with E-state index in [0.717, 1.165) is 46.2 Å². The lowest BCUT2D eigenvalue weighted by Crippen LogP contribution is -2.15. The number of hydrogen-bond acceptors (Lipinski definition) is 11. The van der Waals surface area contributed by atoms with Crippen molar-refractivity contribution in [1.29, 1.82) is 0 Å². The van der Waals surface area contributed by atoms with Gasteiger partial charge in [-0.05, 0) is 86.3 Å². The fourth-order valence-corrected chi connectivity index (χ4v) is 5.52. The Morgan fingerprint density at radius 3 is 2.00 bits per heavy atom. The molecule has 0 atom stereocenters. The average molecular weight is 584 g/mol. The Hall–Kier alpha value is -3.91. The maximum absolute atomic E-state index is 12.5. The number of halogens is 3. The quantitative estimate of drug-likeness (QED) is 0.193. The molecule has 0 radical (unpaired) electrons. The van der Waals surface area contributed by atoms with Crippen LogP contribution in [0.3, 0.4) is 0 Å². The highest BCUT2D eigenvalue weighted by Crippen LogP contribution is 2.36. The third kappa shape index (κ3) is 7.39. The molecule has 40 heavy (non-hydrogen) atoms. The first-order valence-corrected chi connectivity index (χ1v) is 14.1. The number of thiophene rings is 1. The second-order valence-electron chi connectivity index (χ2n) is 9.12. The number of aromatic nitrogens is 2. The van der Waals surface area contributed by atoms with Gasteiger partial charge in [0.1, 0.15) is 10.0 Å². The lowest BCUT2D eigenvalue weighted by molar-refractivity contribution is -0.127. The number of hydrogen-bond donors (Lipinski definition) is 0. The Bertz CT molecular complexity index is 1570. The van der Waals surface area contributed by atoms with Crippen LogP contribution in [0.1, 0.15) is 29.0 Å². The van der Waals surface area contributed by atoms with E-state index in [1.807, 2.05) is 38.1 Å². The summed E-state index contributed by atoms with van der Waals surface area (Å²) in [7, 11) is 0. The summed E-state index contributed by atoms with van der Waals surface area (Å²) >= 11 is 2.40. The predicted molar refractivity (Wildman–Crippen MR) is 150 cm³/mol. The van der Waals surface area contributed by atoms with Gasteiger partial charge in [-0.1, -0.05) is 22.7 Å². The molecule has 5 rings (SSSR count). The normalized spacial score (nSPS) is 14.5. The Labute approximate surface area is 236 Å². The van der Waals surface area contributed by atoms with Crippen LogP contribution in [0.15, 0.2) is 79.2 Å². The van der Waals surface area contributed by atoms with Gasteiger partial charge < -0.3 is 4.90 Å². The summed E-state index contributed by atoms with van der Waals surface area (Å²) in [5.74, 6) is 0. The highest BCUT2D eigenvalue weighted by molar-refractivity contribution is 7.19. The molecule has 2 aromatic heterocycles. The number of rotatable bonds is 8. The molecule has 4 aromatic rings. The Morgan fingerprint density at radius 2 is 1.38 bits per heavy atom. The first-order valence-electron chi connectivity index (χ1n) is 12.4. The summed E-state index contributed by atoms with van der Waals surface area (Å²) in [6, 6.07) is 14.9. The minimum Gasteiger partial charge on any atom is -0.363 e. The maximum atomic E-state index is 12.5. The standard InChI is InChI=1S/C26H24F3N9S2/c1-16-14-19(31-34-22-9-10-24(39-22)38-11-3-4-12-38)6-7-20(16)32-30-18-5-8-21(17(2)13-18)33-36-25-37-35-23(40-25)15-26(27,28)29/h5-10,13-14H,3-4,11-12,15H2,1-2H3/b32-30+,34-31+,36-33+. The van der Waals surface area contributed by atoms with Crippen molar-refractivity contribution in [2.45, 2.75) is 39.3 Å². The Balaban J connectivity index is 1.20. The van der Waals surface area contributed by atoms with E-state index >= 15 is 0 Å². The van der Waals surface area contributed by atoms with Crippen molar-refractivity contribution in [1.82, 2.24) is 10.2 Å². The van der Waals surface area contributed by atoms with Gasteiger partial charge in [-0.15, -0.1) is 30.7 Å². The number of benzene rings is 2. The average Bonchev–Trinajstić information content (AvgIpc) is 3.68. The SMILES string of the molecule is Cc1cc(/N=N/c2ccc(N3CCCC3)s2)ccc1/N=N/c1ccc(/N=N/c2nnc(CC(F)(F)F)s2)c(C)c1. The molecule has 3 heterocycles. The third-order valence-corrected chi connectivity index (χ3v) is 7.78. The van der Waals surface area contributed by atoms with Crippen LogP contribution in [-0.4, -0.2) is 29.5 Å². The molecule has 9 nitrogen and oxygen atoms in total. The van der Waals surface area contributed by atoms with E-state index in [4.69, 9.17) is 0 Å². The van der Waals surface area contributed by atoms with Gasteiger partial charge in [-0.3, -0.25) is 0 Å². The Morgan fingerprint density at radius 1 is 0.750 bits per heavy atom. The van der Waals surface area contributed by atoms with Crippen LogP contribution >= 0.6 is 22.7 Å². The van der Waals surface area contributed by atoms with E-state index in [-0.39, 0.29) is 10.1 Å². The molecule has 0 aliphatic carbocycles. The number of anilines is 1. The molecule has 1 saturated heterocycles. The zero-order chi connectivity index (χ0) is 28.1. The molecule has 14 heteroatoms. The van der Waals surface area contributed by atoms with Crippen LogP contribution in [0.2, 0.25) is 0 Å². The number of aryl methyl sites for hydroxylation is 2. The van der Waals surface area contributed by atoms with Gasteiger partial charge >= 0.3 is 6.18 Å². The van der Waals surface area contributed by atoms with Crippen molar-refractivity contribution in [2.75, 3.05) is 18.0 Å². The molecule has 1 aliphatic heterocycles. The minimum atomic E-state index is -4.34. The molecule has 0 saturated carbocycles. The first-order chi connectivity index (χ1) is 19.2. The van der Waals surface area contributed by atoms with Crippen LogP contribution in [-0.2, 0) is 6.42 Å². The predicted octanol–water partition coefficient (Wildman–Crippen LogP) is 10.2. The van der Waals surface area contributed by atoms with Crippen LogP contribution in [0, 0.1) is 13.8 Å². The fourth-order valence-electron chi connectivity index (χ4n) is 3.95. The molecule has 0 unspecified atom stereocenters. The summed E-state index contributed by atoms with van der Waals surface area (Å²) in [5.41, 5.74) is 4.28. The molecule has 1 fully saturated rings. The van der Waals surface area contributed by atoms with Crippen molar-refractivity contribution in [2.24, 2.45) is 30.7 Å². The van der Waals surface area contributed by atoms with Gasteiger partial charge in [0.2, 0.25) is 0 Å². The van der Waals surface area contributed by atoms with Crippen molar-refractivity contribution < 1.29 is 13.2 Å². The highest BCUT2D eigenvalue weighted by Gasteiger charge is 2.29. The highest BCUT2D eigenvalue weighted by atomic mass is 32.1. The van der Waals surface area contributed by atoms with E-state index < -0.39 is 12.6 Å². The summed E-state index contributed by atoms with van der Waals surface area (Å²) < 4.78 is 37.5. The lowest BCUT2D eigenvalue weighted by atomic mass is 10.2. The molecule has 0 spiro atoms. The zero-order valence-electron chi connectivity index (χ0n) is 21.6. The molecule has 0 bridgehead atoms. The van der Waals surface area contributed by atoms with Crippen molar-refractivity contribution in [3.8, 4) is 0 Å². The van der Waals surface area contributed by atoms with Crippen LogP contribution < -0.4 is 4.90 Å². The molecule has 0 amide bonds. The van der Waals surface area contributed by atoms with Gasteiger partial charge in [0.15, 0.2) is 0 Å². The molecule has 0 N–H and O–H groups in total. The van der Waals surface area contributed by atoms with Crippen molar-refractivity contribution >= 4 is 60.6 Å². The van der Waals surface area contributed by atoms with Crippen molar-refractivity contribution in [3.63, 3.8) is 0 Å². The minimum absolute atomic E-state index is 0.0584. The Kier molecular flexibility index (Phi) is 8.35. The number of azo groups is 3. The molecular weight excluding hydrogens is 559 g/mol. The monoisotopic (exact) mass is 583 g/mol. The van der Waals surface area contributed by atoms with E-state index in [2.05, 4.69) is 51.8 Å². The molecule has 2 aromatic carbocycles. The van der Waals surface area contributed by atoms with E-state index in [1.54, 1.807) is 29.5 Å². The van der Waals surface area contributed by atoms with Gasteiger partial charge in [0.05, 0.1) is 34.2 Å². The van der Waals surface area contributed by atoms with Crippen LogP contribution in [0.5, 0.6) is 0 Å². The second kappa shape index (κ2) is 12.1. The van der Waals surface area contributed by atoms with E-state index in [9.17, 15) is 13.2 Å². The largest absolute Gasteiger partial charge is 0.395 e. The van der Waals surface area contributed by atoms with E-state index in [1.165, 1.54) is 17.8 Å². The van der Waals surface area contributed by atoms with Crippen molar-refractivity contribution in [3.05, 3.63) is 64.7 Å². The zero-order valence-corrected chi connectivity index (χ0v) is 23.3. The topological polar surface area (TPSA) is 103 Å². The fraction of sp³-hybridized carbons (Fsp3) is 0.308. The molecule has 1 aliphatic rings. The lowest BCUT2D eigenvalue weighted by Gasteiger charge is -2.13. The molecule has 206 valence electrons. The summed E-state index contributed by atoms with van der Waals surface area (Å²) in [5, 5.41) is 34.6. The smallest absolute Gasteiger partial charge is 0.363 e. The van der Waals surface area contributed by atoms with Crippen LogP contribution in [0.25, 0.3) is 0 Å². The molecular formula is C26H24F3N9S2. The number of nitrogens with zero attached hydrogens (tertiary/aromatic N) is 9. The number of alkyl halides is 3. The van der Waals surface area contributed by atoms with Gasteiger partial charge in [0.25, 0.3) is 5.13 Å². The third-order valence-electron chi connectivity index (χ3n) is 5.94.